The van der Waals surface area contributed by atoms with E-state index in [1.54, 1.807) is 23.1 Å². The van der Waals surface area contributed by atoms with E-state index in [0.717, 1.165) is 18.4 Å². The summed E-state index contributed by atoms with van der Waals surface area (Å²) >= 11 is 0. The molecule has 2 N–H and O–H groups in total. The minimum Gasteiger partial charge on any atom is -0.508 e. The number of aromatic hydroxyl groups is 1. The molecule has 0 aromatic heterocycles. The first-order chi connectivity index (χ1) is 13.4. The smallest absolute Gasteiger partial charge is 0.253 e. The van der Waals surface area contributed by atoms with Gasteiger partial charge in [-0.3, -0.25) is 4.79 Å². The molecule has 1 fully saturated rings. The van der Waals surface area contributed by atoms with Crippen LogP contribution in [0.15, 0.2) is 47.4 Å². The molecule has 7 nitrogen and oxygen atoms in total. The average molecular weight is 404 g/mol. The van der Waals surface area contributed by atoms with Crippen LogP contribution < -0.4 is 9.46 Å². The normalized spacial score (nSPS) is 15.4. The maximum atomic E-state index is 12.9. The summed E-state index contributed by atoms with van der Waals surface area (Å²) in [7, 11) is -1.04. The number of phenols is 1. The van der Waals surface area contributed by atoms with Gasteiger partial charge in [-0.2, -0.15) is 0 Å². The Kier molecular flexibility index (Phi) is 5.90. The Morgan fingerprint density at radius 1 is 1.14 bits per heavy atom. The molecule has 28 heavy (non-hydrogen) atoms. The highest BCUT2D eigenvalue weighted by atomic mass is 32.2. The largest absolute Gasteiger partial charge is 0.508 e. The SMILES string of the molecule is CNS(=O)(=O)c1cc(C(=O)N2CCC(c3ccc(O)cc3)CC2)ccc1OC. The monoisotopic (exact) mass is 404 g/mol. The minimum absolute atomic E-state index is 0.0534. The lowest BCUT2D eigenvalue weighted by molar-refractivity contribution is 0.0712. The maximum absolute atomic E-state index is 12.9. The molecule has 2 aromatic rings. The molecule has 3 rings (SSSR count). The summed E-state index contributed by atoms with van der Waals surface area (Å²) in [5.74, 6) is 0.570. The van der Waals surface area contributed by atoms with Crippen molar-refractivity contribution in [2.45, 2.75) is 23.7 Å². The Bertz CT molecular complexity index is 949. The molecular formula is C20H24N2O5S. The highest BCUT2D eigenvalue weighted by Gasteiger charge is 2.26. The van der Waals surface area contributed by atoms with Gasteiger partial charge in [0.05, 0.1) is 7.11 Å². The molecule has 0 saturated carbocycles. The Morgan fingerprint density at radius 3 is 2.36 bits per heavy atom. The quantitative estimate of drug-likeness (QED) is 0.797. The summed E-state index contributed by atoms with van der Waals surface area (Å²) in [6, 6.07) is 11.6. The molecule has 0 aliphatic carbocycles. The number of carbonyl (C=O) groups is 1. The van der Waals surface area contributed by atoms with Crippen molar-refractivity contribution in [3.63, 3.8) is 0 Å². The third-order valence-electron chi connectivity index (χ3n) is 5.12. The van der Waals surface area contributed by atoms with Crippen molar-refractivity contribution < 1.29 is 23.1 Å². The second-order valence-electron chi connectivity index (χ2n) is 6.73. The van der Waals surface area contributed by atoms with Crippen LogP contribution in [-0.4, -0.2) is 51.6 Å². The van der Waals surface area contributed by atoms with Crippen molar-refractivity contribution in [1.29, 1.82) is 0 Å². The van der Waals surface area contributed by atoms with Crippen molar-refractivity contribution in [3.05, 3.63) is 53.6 Å². The lowest BCUT2D eigenvalue weighted by atomic mass is 9.89. The van der Waals surface area contributed by atoms with E-state index in [9.17, 15) is 18.3 Å². The number of nitrogens with zero attached hydrogens (tertiary/aromatic N) is 1. The molecule has 2 aromatic carbocycles. The molecule has 1 amide bonds. The summed E-state index contributed by atoms with van der Waals surface area (Å²) in [6.45, 7) is 1.18. The van der Waals surface area contributed by atoms with Crippen LogP contribution in [0.25, 0.3) is 0 Å². The molecule has 0 bridgehead atoms. The van der Waals surface area contributed by atoms with E-state index >= 15 is 0 Å². The molecule has 1 heterocycles. The summed E-state index contributed by atoms with van der Waals surface area (Å²) in [5.41, 5.74) is 1.47. The fourth-order valence-electron chi connectivity index (χ4n) is 3.47. The van der Waals surface area contributed by atoms with E-state index in [2.05, 4.69) is 4.72 Å². The van der Waals surface area contributed by atoms with Crippen molar-refractivity contribution >= 4 is 15.9 Å². The number of amides is 1. The van der Waals surface area contributed by atoms with Gasteiger partial charge in [0, 0.05) is 18.7 Å². The number of phenolic OH excluding ortho intramolecular Hbond substituents is 1. The van der Waals surface area contributed by atoms with Gasteiger partial charge in [-0.05, 0) is 61.7 Å². The molecule has 0 radical (unpaired) electrons. The van der Waals surface area contributed by atoms with Gasteiger partial charge >= 0.3 is 0 Å². The van der Waals surface area contributed by atoms with Crippen molar-refractivity contribution in [2.24, 2.45) is 0 Å². The predicted octanol–water partition coefficient (Wildman–Crippen LogP) is 2.33. The average Bonchev–Trinajstić information content (AvgIpc) is 2.73. The number of methoxy groups -OCH3 is 1. The standard InChI is InChI=1S/C20H24N2O5S/c1-21-28(25,26)19-13-16(5-8-18(19)27-2)20(24)22-11-9-15(10-12-22)14-3-6-17(23)7-4-14/h3-8,13,15,21,23H,9-12H2,1-2H3. The number of benzene rings is 2. The first-order valence-corrected chi connectivity index (χ1v) is 10.5. The zero-order valence-corrected chi connectivity index (χ0v) is 16.7. The topological polar surface area (TPSA) is 95.9 Å². The van der Waals surface area contributed by atoms with E-state index in [4.69, 9.17) is 4.74 Å². The minimum atomic E-state index is -3.74. The number of rotatable bonds is 5. The van der Waals surface area contributed by atoms with Crippen LogP contribution in [0, 0.1) is 0 Å². The fraction of sp³-hybridized carbons (Fsp3) is 0.350. The Labute approximate surface area is 165 Å². The first kappa shape index (κ1) is 20.2. The van der Waals surface area contributed by atoms with Crippen LogP contribution in [0.1, 0.15) is 34.7 Å². The van der Waals surface area contributed by atoms with Gasteiger partial charge in [0.2, 0.25) is 10.0 Å². The summed E-state index contributed by atoms with van der Waals surface area (Å²) in [6.07, 6.45) is 1.63. The van der Waals surface area contributed by atoms with Crippen LogP contribution in [0.4, 0.5) is 0 Å². The summed E-state index contributed by atoms with van der Waals surface area (Å²) in [5, 5.41) is 9.42. The fourth-order valence-corrected chi connectivity index (χ4v) is 4.39. The van der Waals surface area contributed by atoms with Gasteiger partial charge in [0.25, 0.3) is 5.91 Å². The Morgan fingerprint density at radius 2 is 1.79 bits per heavy atom. The molecule has 0 atom stereocenters. The highest BCUT2D eigenvalue weighted by molar-refractivity contribution is 7.89. The Hall–Kier alpha value is -2.58. The zero-order valence-electron chi connectivity index (χ0n) is 15.9. The van der Waals surface area contributed by atoms with Crippen LogP contribution >= 0.6 is 0 Å². The third kappa shape index (κ3) is 4.13. The lowest BCUT2D eigenvalue weighted by Crippen LogP contribution is -2.38. The van der Waals surface area contributed by atoms with Crippen LogP contribution in [0.2, 0.25) is 0 Å². The van der Waals surface area contributed by atoms with Gasteiger partial charge < -0.3 is 14.7 Å². The molecule has 1 aliphatic rings. The van der Waals surface area contributed by atoms with E-state index in [-0.39, 0.29) is 22.3 Å². The van der Waals surface area contributed by atoms with E-state index in [1.165, 1.54) is 26.3 Å². The molecule has 1 saturated heterocycles. The molecule has 0 spiro atoms. The van der Waals surface area contributed by atoms with Gasteiger partial charge in [-0.1, -0.05) is 12.1 Å². The second-order valence-corrected chi connectivity index (χ2v) is 8.59. The molecule has 8 heteroatoms. The number of hydrogen-bond donors (Lipinski definition) is 2. The number of carbonyl (C=O) groups excluding carboxylic acids is 1. The maximum Gasteiger partial charge on any atom is 0.253 e. The van der Waals surface area contributed by atoms with Crippen LogP contribution in [0.3, 0.4) is 0 Å². The number of likely N-dealkylation sites (tertiary alicyclic amines) is 1. The highest BCUT2D eigenvalue weighted by Crippen LogP contribution is 2.30. The predicted molar refractivity (Wildman–Crippen MR) is 105 cm³/mol. The van der Waals surface area contributed by atoms with Crippen molar-refractivity contribution in [1.82, 2.24) is 9.62 Å². The van der Waals surface area contributed by atoms with Gasteiger partial charge in [0.1, 0.15) is 16.4 Å². The molecular weight excluding hydrogens is 380 g/mol. The van der Waals surface area contributed by atoms with Gasteiger partial charge in [-0.25, -0.2) is 13.1 Å². The molecule has 0 unspecified atom stereocenters. The van der Waals surface area contributed by atoms with E-state index in [1.807, 2.05) is 12.1 Å². The number of ether oxygens (including phenoxy) is 1. The van der Waals surface area contributed by atoms with E-state index < -0.39 is 10.0 Å². The van der Waals surface area contributed by atoms with Crippen molar-refractivity contribution in [3.8, 4) is 11.5 Å². The van der Waals surface area contributed by atoms with Gasteiger partial charge in [-0.15, -0.1) is 0 Å². The lowest BCUT2D eigenvalue weighted by Gasteiger charge is -2.32. The van der Waals surface area contributed by atoms with Crippen LogP contribution in [0.5, 0.6) is 11.5 Å². The second kappa shape index (κ2) is 8.20. The number of nitrogens with one attached hydrogen (secondary N) is 1. The molecule has 1 aliphatic heterocycles. The van der Waals surface area contributed by atoms with Crippen LogP contribution in [-0.2, 0) is 10.0 Å². The summed E-state index contributed by atoms with van der Waals surface area (Å²) in [4.78, 5) is 14.6. The zero-order chi connectivity index (χ0) is 20.3. The van der Waals surface area contributed by atoms with E-state index in [0.29, 0.717) is 24.6 Å². The number of piperidine rings is 1. The number of sulfonamides is 1. The molecule has 150 valence electrons. The third-order valence-corrected chi connectivity index (χ3v) is 6.55. The Balaban J connectivity index is 1.75. The van der Waals surface area contributed by atoms with Gasteiger partial charge in [0.15, 0.2) is 0 Å². The summed E-state index contributed by atoms with van der Waals surface area (Å²) < 4.78 is 31.8. The number of hydrogen-bond acceptors (Lipinski definition) is 5. The van der Waals surface area contributed by atoms with Crippen molar-refractivity contribution in [2.75, 3.05) is 27.2 Å². The first-order valence-electron chi connectivity index (χ1n) is 9.05.